The molecule has 9 nitrogen and oxygen atoms in total. The zero-order chi connectivity index (χ0) is 25.2. The fraction of sp³-hybridized carbons (Fsp3) is 0.393. The lowest BCUT2D eigenvalue weighted by atomic mass is 10.1. The number of nitrogens with one attached hydrogen (secondary N) is 3. The molecule has 1 saturated heterocycles. The van der Waals surface area contributed by atoms with Crippen molar-refractivity contribution >= 4 is 22.9 Å². The molecule has 1 aliphatic carbocycles. The van der Waals surface area contributed by atoms with E-state index in [0.29, 0.717) is 23.7 Å². The lowest BCUT2D eigenvalue weighted by Crippen LogP contribution is -2.60. The molecule has 9 heteroatoms. The van der Waals surface area contributed by atoms with E-state index in [0.717, 1.165) is 61.3 Å². The maximum atomic E-state index is 12.5. The van der Waals surface area contributed by atoms with Gasteiger partial charge in [-0.2, -0.15) is 0 Å². The van der Waals surface area contributed by atoms with E-state index < -0.39 is 5.66 Å². The molecule has 3 aromatic rings. The van der Waals surface area contributed by atoms with Gasteiger partial charge in [-0.25, -0.2) is 9.97 Å². The number of fused-ring (bicyclic) bond motifs is 1. The highest BCUT2D eigenvalue weighted by Crippen LogP contribution is 2.33. The van der Waals surface area contributed by atoms with Crippen molar-refractivity contribution in [3.63, 3.8) is 0 Å². The number of methoxy groups -OCH3 is 1. The van der Waals surface area contributed by atoms with Crippen LogP contribution in [0.15, 0.2) is 61.0 Å². The summed E-state index contributed by atoms with van der Waals surface area (Å²) < 4.78 is 5.28. The number of rotatable bonds is 8. The number of imidazole rings is 1. The number of ether oxygens (including phenoxy) is 1. The third-order valence-corrected chi connectivity index (χ3v) is 7.39. The SMILES string of the molecule is COc1cc(-c2ccc3nc(NC4(CN5CCN(C(=O)CC6CC6)CC5)C=CC=CN4)[nH]c3c2)ccn1. The van der Waals surface area contributed by atoms with Crippen LogP contribution < -0.4 is 15.4 Å². The largest absolute Gasteiger partial charge is 0.481 e. The summed E-state index contributed by atoms with van der Waals surface area (Å²) in [5.74, 6) is 2.24. The number of dihydropyridines is 1. The van der Waals surface area contributed by atoms with E-state index in [1.54, 1.807) is 13.3 Å². The first-order valence-electron chi connectivity index (χ1n) is 13.0. The number of nitrogens with zero attached hydrogens (tertiary/aromatic N) is 4. The third kappa shape index (κ3) is 5.32. The molecule has 3 aliphatic rings. The van der Waals surface area contributed by atoms with Crippen molar-refractivity contribution in [3.05, 3.63) is 61.0 Å². The number of hydrogen-bond donors (Lipinski definition) is 3. The van der Waals surface area contributed by atoms with E-state index >= 15 is 0 Å². The molecule has 1 atom stereocenters. The van der Waals surface area contributed by atoms with Crippen LogP contribution in [-0.2, 0) is 4.79 Å². The van der Waals surface area contributed by atoms with Gasteiger partial charge in [0, 0.05) is 51.4 Å². The molecule has 0 spiro atoms. The summed E-state index contributed by atoms with van der Waals surface area (Å²) >= 11 is 0. The maximum Gasteiger partial charge on any atom is 0.222 e. The quantitative estimate of drug-likeness (QED) is 0.437. The Bertz CT molecular complexity index is 1340. The normalized spacial score (nSPS) is 21.7. The number of hydrogen-bond acceptors (Lipinski definition) is 7. The van der Waals surface area contributed by atoms with Crippen LogP contribution in [0.5, 0.6) is 5.88 Å². The van der Waals surface area contributed by atoms with E-state index in [1.165, 1.54) is 12.8 Å². The average molecular weight is 500 g/mol. The Hall–Kier alpha value is -3.85. The number of carbonyl (C=O) groups is 1. The molecule has 0 bridgehead atoms. The van der Waals surface area contributed by atoms with Crippen molar-refractivity contribution in [2.75, 3.05) is 45.2 Å². The summed E-state index contributed by atoms with van der Waals surface area (Å²) in [7, 11) is 1.62. The monoisotopic (exact) mass is 499 g/mol. The molecule has 2 aliphatic heterocycles. The number of anilines is 1. The summed E-state index contributed by atoms with van der Waals surface area (Å²) in [6.45, 7) is 4.04. The van der Waals surface area contributed by atoms with Crippen LogP contribution in [0.2, 0.25) is 0 Å². The van der Waals surface area contributed by atoms with Gasteiger partial charge in [0.25, 0.3) is 0 Å². The zero-order valence-electron chi connectivity index (χ0n) is 21.1. The number of benzene rings is 1. The molecule has 1 amide bonds. The molecule has 4 heterocycles. The first kappa shape index (κ1) is 23.5. The van der Waals surface area contributed by atoms with Gasteiger partial charge >= 0.3 is 0 Å². The number of aromatic amines is 1. The first-order valence-corrected chi connectivity index (χ1v) is 13.0. The van der Waals surface area contributed by atoms with Crippen molar-refractivity contribution in [2.45, 2.75) is 24.9 Å². The lowest BCUT2D eigenvalue weighted by molar-refractivity contribution is -0.133. The molecule has 2 aromatic heterocycles. The number of aromatic nitrogens is 3. The van der Waals surface area contributed by atoms with E-state index in [1.807, 2.05) is 35.4 Å². The van der Waals surface area contributed by atoms with Gasteiger partial charge < -0.3 is 25.3 Å². The number of allylic oxidation sites excluding steroid dienone is 2. The van der Waals surface area contributed by atoms with Gasteiger partial charge in [-0.05, 0) is 66.4 Å². The van der Waals surface area contributed by atoms with Gasteiger partial charge in [0.15, 0.2) is 0 Å². The van der Waals surface area contributed by atoms with Crippen molar-refractivity contribution in [1.29, 1.82) is 0 Å². The summed E-state index contributed by atoms with van der Waals surface area (Å²) in [5, 5.41) is 7.12. The Balaban J connectivity index is 1.16. The van der Waals surface area contributed by atoms with Gasteiger partial charge in [0.2, 0.25) is 17.7 Å². The molecule has 3 N–H and O–H groups in total. The Kier molecular flexibility index (Phi) is 6.30. The number of H-pyrrole nitrogens is 1. The van der Waals surface area contributed by atoms with Gasteiger partial charge in [-0.3, -0.25) is 9.69 Å². The second kappa shape index (κ2) is 9.89. The molecule has 37 heavy (non-hydrogen) atoms. The maximum absolute atomic E-state index is 12.5. The van der Waals surface area contributed by atoms with Crippen LogP contribution in [0, 0.1) is 5.92 Å². The lowest BCUT2D eigenvalue weighted by Gasteiger charge is -2.41. The highest BCUT2D eigenvalue weighted by molar-refractivity contribution is 5.83. The number of amides is 1. The molecule has 2 fully saturated rings. The minimum Gasteiger partial charge on any atom is -0.481 e. The Labute approximate surface area is 216 Å². The smallest absolute Gasteiger partial charge is 0.222 e. The second-order valence-electron chi connectivity index (χ2n) is 10.2. The topological polar surface area (TPSA) is 98.4 Å². The molecule has 1 unspecified atom stereocenters. The molecule has 6 rings (SSSR count). The summed E-state index contributed by atoms with van der Waals surface area (Å²) in [6.07, 6.45) is 13.0. The predicted octanol–water partition coefficient (Wildman–Crippen LogP) is 3.36. The standard InChI is InChI=1S/C28H33N7O2/c1-37-25-18-22(8-11-29-25)21-6-7-23-24(17-21)32-27(31-23)33-28(9-2-3-10-30-28)19-34-12-14-35(15-13-34)26(36)16-20-4-5-20/h2-3,6-11,17-18,20,30H,4-5,12-16,19H2,1H3,(H2,31,32,33). The Morgan fingerprint density at radius 1 is 1.14 bits per heavy atom. The Morgan fingerprint density at radius 3 is 2.73 bits per heavy atom. The van der Waals surface area contributed by atoms with Crippen LogP contribution >= 0.6 is 0 Å². The van der Waals surface area contributed by atoms with Crippen LogP contribution in [0.4, 0.5) is 5.95 Å². The minimum absolute atomic E-state index is 0.320. The van der Waals surface area contributed by atoms with Gasteiger partial charge in [-0.1, -0.05) is 12.1 Å². The summed E-state index contributed by atoms with van der Waals surface area (Å²) in [6, 6.07) is 10.1. The van der Waals surface area contributed by atoms with Crippen LogP contribution in [-0.4, -0.2) is 76.2 Å². The minimum atomic E-state index is -0.510. The molecule has 1 aromatic carbocycles. The molecular weight excluding hydrogens is 466 g/mol. The number of carbonyl (C=O) groups excluding carboxylic acids is 1. The van der Waals surface area contributed by atoms with Crippen molar-refractivity contribution in [1.82, 2.24) is 30.1 Å². The molecule has 0 radical (unpaired) electrons. The highest BCUT2D eigenvalue weighted by atomic mass is 16.5. The predicted molar refractivity (Wildman–Crippen MR) is 144 cm³/mol. The van der Waals surface area contributed by atoms with Crippen LogP contribution in [0.25, 0.3) is 22.2 Å². The van der Waals surface area contributed by atoms with Crippen LogP contribution in [0.1, 0.15) is 19.3 Å². The zero-order valence-corrected chi connectivity index (χ0v) is 21.1. The first-order chi connectivity index (χ1) is 18.1. The molecule has 192 valence electrons. The van der Waals surface area contributed by atoms with Crippen molar-refractivity contribution in [2.24, 2.45) is 5.92 Å². The average Bonchev–Trinajstić information content (AvgIpc) is 3.65. The summed E-state index contributed by atoms with van der Waals surface area (Å²) in [4.78, 5) is 29.4. The van der Waals surface area contributed by atoms with Crippen molar-refractivity contribution in [3.8, 4) is 17.0 Å². The van der Waals surface area contributed by atoms with E-state index in [2.05, 4.69) is 49.8 Å². The Morgan fingerprint density at radius 2 is 1.97 bits per heavy atom. The fourth-order valence-electron chi connectivity index (χ4n) is 5.10. The van der Waals surface area contributed by atoms with E-state index in [-0.39, 0.29) is 0 Å². The van der Waals surface area contributed by atoms with Crippen molar-refractivity contribution < 1.29 is 9.53 Å². The van der Waals surface area contributed by atoms with Gasteiger partial charge in [-0.15, -0.1) is 0 Å². The van der Waals surface area contributed by atoms with E-state index in [4.69, 9.17) is 9.72 Å². The second-order valence-corrected chi connectivity index (χ2v) is 10.2. The molecule has 1 saturated carbocycles. The molecular formula is C28H33N7O2. The number of pyridine rings is 1. The fourth-order valence-corrected chi connectivity index (χ4v) is 5.10. The van der Waals surface area contributed by atoms with E-state index in [9.17, 15) is 4.79 Å². The number of piperazine rings is 1. The summed E-state index contributed by atoms with van der Waals surface area (Å²) in [5.41, 5.74) is 3.42. The van der Waals surface area contributed by atoms with Gasteiger partial charge in [0.1, 0.15) is 5.66 Å². The van der Waals surface area contributed by atoms with Gasteiger partial charge in [0.05, 0.1) is 18.1 Å². The third-order valence-electron chi connectivity index (χ3n) is 7.39. The van der Waals surface area contributed by atoms with Crippen LogP contribution in [0.3, 0.4) is 0 Å². The highest BCUT2D eigenvalue weighted by Gasteiger charge is 2.33.